The van der Waals surface area contributed by atoms with E-state index in [-0.39, 0.29) is 18.5 Å². The van der Waals surface area contributed by atoms with E-state index in [0.29, 0.717) is 25.4 Å². The van der Waals surface area contributed by atoms with E-state index in [0.717, 1.165) is 6.42 Å². The molecule has 2 saturated heterocycles. The van der Waals surface area contributed by atoms with Gasteiger partial charge in [0.2, 0.25) is 0 Å². The van der Waals surface area contributed by atoms with Gasteiger partial charge in [0.25, 0.3) is 10.2 Å². The molecule has 0 aromatic rings. The highest BCUT2D eigenvalue weighted by molar-refractivity contribution is 8.01. The van der Waals surface area contributed by atoms with Crippen LogP contribution in [-0.4, -0.2) is 71.6 Å². The van der Waals surface area contributed by atoms with Gasteiger partial charge in [0, 0.05) is 18.8 Å². The lowest BCUT2D eigenvalue weighted by Crippen LogP contribution is -2.54. The number of carboxylic acid groups (broad SMARTS) is 1. The van der Waals surface area contributed by atoms with Gasteiger partial charge in [-0.25, -0.2) is 0 Å². The van der Waals surface area contributed by atoms with E-state index in [4.69, 9.17) is 4.74 Å². The molecular weight excluding hydrogens is 304 g/mol. The monoisotopic (exact) mass is 324 g/mol. The maximum absolute atomic E-state index is 12.7. The molecule has 7 nitrogen and oxygen atoms in total. The van der Waals surface area contributed by atoms with Gasteiger partial charge in [-0.2, -0.15) is 17.0 Å². The molecule has 20 heavy (non-hydrogen) atoms. The summed E-state index contributed by atoms with van der Waals surface area (Å²) in [6.45, 7) is 3.25. The summed E-state index contributed by atoms with van der Waals surface area (Å²) in [6.07, 6.45) is 1.48. The van der Waals surface area contributed by atoms with Gasteiger partial charge in [0.1, 0.15) is 6.04 Å². The third-order valence-corrected chi connectivity index (χ3v) is 6.97. The summed E-state index contributed by atoms with van der Waals surface area (Å²) >= 11 is 1.41. The average molecular weight is 324 g/mol. The first-order valence-electron chi connectivity index (χ1n) is 6.69. The second-order valence-corrected chi connectivity index (χ2v) is 7.82. The topological polar surface area (TPSA) is 87.2 Å². The van der Waals surface area contributed by atoms with Crippen LogP contribution < -0.4 is 0 Å². The fraction of sp³-hybridized carbons (Fsp3) is 0.909. The van der Waals surface area contributed by atoms with Crippen molar-refractivity contribution < 1.29 is 23.1 Å². The summed E-state index contributed by atoms with van der Waals surface area (Å²) < 4.78 is 33.1. The van der Waals surface area contributed by atoms with Crippen LogP contribution in [0.25, 0.3) is 0 Å². The molecule has 2 aliphatic heterocycles. The van der Waals surface area contributed by atoms with Crippen LogP contribution in [0.15, 0.2) is 0 Å². The van der Waals surface area contributed by atoms with Crippen molar-refractivity contribution in [2.75, 3.05) is 32.1 Å². The molecule has 0 amide bonds. The van der Waals surface area contributed by atoms with E-state index in [1.807, 2.05) is 6.92 Å². The third kappa shape index (κ3) is 3.11. The second kappa shape index (κ2) is 6.61. The molecule has 2 atom stereocenters. The van der Waals surface area contributed by atoms with Crippen molar-refractivity contribution in [3.05, 3.63) is 0 Å². The number of hydrogen-bond acceptors (Lipinski definition) is 5. The molecule has 0 aromatic heterocycles. The predicted octanol–water partition coefficient (Wildman–Crippen LogP) is 0.192. The Morgan fingerprint density at radius 2 is 2.05 bits per heavy atom. The van der Waals surface area contributed by atoms with Crippen LogP contribution >= 0.6 is 11.8 Å². The van der Waals surface area contributed by atoms with Gasteiger partial charge in [0.15, 0.2) is 0 Å². The Hall–Kier alpha value is -0.350. The zero-order chi connectivity index (χ0) is 14.8. The van der Waals surface area contributed by atoms with Crippen molar-refractivity contribution in [1.29, 1.82) is 0 Å². The van der Waals surface area contributed by atoms with Crippen molar-refractivity contribution in [2.45, 2.75) is 31.2 Å². The number of aliphatic carboxylic acids is 1. The summed E-state index contributed by atoms with van der Waals surface area (Å²) in [5.41, 5.74) is 0. The maximum Gasteiger partial charge on any atom is 0.322 e. The summed E-state index contributed by atoms with van der Waals surface area (Å²) in [6, 6.07) is -0.968. The van der Waals surface area contributed by atoms with Gasteiger partial charge in [-0.05, 0) is 6.42 Å². The number of morpholine rings is 1. The molecule has 0 bridgehead atoms. The van der Waals surface area contributed by atoms with E-state index in [1.165, 1.54) is 20.4 Å². The molecule has 2 aliphatic rings. The van der Waals surface area contributed by atoms with E-state index in [9.17, 15) is 18.3 Å². The van der Waals surface area contributed by atoms with Gasteiger partial charge >= 0.3 is 5.97 Å². The Bertz CT molecular complexity index is 450. The molecule has 2 heterocycles. The molecule has 2 fully saturated rings. The standard InChI is InChI=1S/C11H20N2O5S2/c1-2-3-10-13(9(8-19-10)11(14)15)20(16,17)12-4-6-18-7-5-12/h9-10H,2-8H2,1H3,(H,14,15). The lowest BCUT2D eigenvalue weighted by molar-refractivity contribution is -0.140. The predicted molar refractivity (Wildman–Crippen MR) is 75.7 cm³/mol. The third-order valence-electron chi connectivity index (χ3n) is 3.42. The number of hydrogen-bond donors (Lipinski definition) is 1. The number of rotatable bonds is 5. The smallest absolute Gasteiger partial charge is 0.322 e. The molecule has 1 N–H and O–H groups in total. The van der Waals surface area contributed by atoms with Crippen molar-refractivity contribution in [2.24, 2.45) is 0 Å². The molecule has 0 aliphatic carbocycles. The number of ether oxygens (including phenoxy) is 1. The zero-order valence-corrected chi connectivity index (χ0v) is 13.0. The highest BCUT2D eigenvalue weighted by atomic mass is 32.2. The van der Waals surface area contributed by atoms with Crippen molar-refractivity contribution >= 4 is 27.9 Å². The average Bonchev–Trinajstić information content (AvgIpc) is 2.85. The van der Waals surface area contributed by atoms with Gasteiger partial charge in [-0.3, -0.25) is 4.79 Å². The Balaban J connectivity index is 2.25. The molecule has 2 unspecified atom stereocenters. The zero-order valence-electron chi connectivity index (χ0n) is 11.4. The minimum absolute atomic E-state index is 0.283. The molecule has 0 aromatic carbocycles. The SMILES string of the molecule is CCCC1SCC(C(=O)O)N1S(=O)(=O)N1CCOCC1. The van der Waals surface area contributed by atoms with Gasteiger partial charge < -0.3 is 9.84 Å². The molecule has 9 heteroatoms. The number of thioether (sulfide) groups is 1. The summed E-state index contributed by atoms with van der Waals surface area (Å²) in [5.74, 6) is -0.767. The molecule has 2 rings (SSSR count). The lowest BCUT2D eigenvalue weighted by Gasteiger charge is -2.34. The highest BCUT2D eigenvalue weighted by Crippen LogP contribution is 2.35. The van der Waals surface area contributed by atoms with E-state index < -0.39 is 22.2 Å². The van der Waals surface area contributed by atoms with Crippen LogP contribution in [0.4, 0.5) is 0 Å². The van der Waals surface area contributed by atoms with E-state index >= 15 is 0 Å². The normalized spacial score (nSPS) is 29.6. The molecule has 0 radical (unpaired) electrons. The van der Waals surface area contributed by atoms with Crippen LogP contribution in [0.5, 0.6) is 0 Å². The first-order chi connectivity index (χ1) is 9.48. The highest BCUT2D eigenvalue weighted by Gasteiger charge is 2.47. The summed E-state index contributed by atoms with van der Waals surface area (Å²) in [5, 5.41) is 8.99. The Kier molecular flexibility index (Phi) is 5.30. The van der Waals surface area contributed by atoms with Crippen LogP contribution in [0, 0.1) is 0 Å². The van der Waals surface area contributed by atoms with Crippen LogP contribution in [0.2, 0.25) is 0 Å². The fourth-order valence-corrected chi connectivity index (χ4v) is 6.18. The van der Waals surface area contributed by atoms with Crippen molar-refractivity contribution in [3.8, 4) is 0 Å². The summed E-state index contributed by atoms with van der Waals surface area (Å²) in [7, 11) is -3.74. The lowest BCUT2D eigenvalue weighted by atomic mass is 10.3. The van der Waals surface area contributed by atoms with Crippen molar-refractivity contribution in [3.63, 3.8) is 0 Å². The number of carboxylic acids is 1. The van der Waals surface area contributed by atoms with Crippen LogP contribution in [0.1, 0.15) is 19.8 Å². The van der Waals surface area contributed by atoms with Crippen LogP contribution in [0.3, 0.4) is 0 Å². The van der Waals surface area contributed by atoms with Gasteiger partial charge in [-0.15, -0.1) is 11.8 Å². The number of nitrogens with zero attached hydrogens (tertiary/aromatic N) is 2. The Morgan fingerprint density at radius 1 is 1.40 bits per heavy atom. The fourth-order valence-electron chi connectivity index (χ4n) is 2.41. The molecule has 0 saturated carbocycles. The first-order valence-corrected chi connectivity index (χ1v) is 9.13. The Labute approximate surface area is 123 Å². The Morgan fingerprint density at radius 3 is 2.60 bits per heavy atom. The quantitative estimate of drug-likeness (QED) is 0.777. The van der Waals surface area contributed by atoms with E-state index in [1.54, 1.807) is 0 Å². The van der Waals surface area contributed by atoms with Crippen molar-refractivity contribution in [1.82, 2.24) is 8.61 Å². The molecule has 116 valence electrons. The van der Waals surface area contributed by atoms with Crippen LogP contribution in [-0.2, 0) is 19.7 Å². The number of carbonyl (C=O) groups is 1. The minimum atomic E-state index is -3.74. The van der Waals surface area contributed by atoms with E-state index in [2.05, 4.69) is 0 Å². The van der Waals surface area contributed by atoms with Gasteiger partial charge in [-0.1, -0.05) is 13.3 Å². The summed E-state index contributed by atoms with van der Waals surface area (Å²) in [4.78, 5) is 11.3. The minimum Gasteiger partial charge on any atom is -0.480 e. The molecule has 0 spiro atoms. The second-order valence-electron chi connectivity index (χ2n) is 4.78. The molecular formula is C11H20N2O5S2. The first kappa shape index (κ1) is 16.0. The maximum atomic E-state index is 12.7. The van der Waals surface area contributed by atoms with Gasteiger partial charge in [0.05, 0.1) is 18.6 Å². The largest absolute Gasteiger partial charge is 0.480 e.